The third kappa shape index (κ3) is 4.53. The molecule has 0 unspecified atom stereocenters. The molecule has 1 aromatic carbocycles. The summed E-state index contributed by atoms with van der Waals surface area (Å²) < 4.78 is 10.4. The predicted molar refractivity (Wildman–Crippen MR) is 92.4 cm³/mol. The molecule has 7 heteroatoms. The second kappa shape index (κ2) is 8.23. The summed E-state index contributed by atoms with van der Waals surface area (Å²) in [7, 11) is 1.60. The number of methoxy groups -OCH3 is 1. The maximum absolute atomic E-state index is 12.1. The van der Waals surface area contributed by atoms with Crippen molar-refractivity contribution in [3.05, 3.63) is 45.9 Å². The SMILES string of the molecule is COc1ccc(C(=O)NCc2nc(CN3CCOCC3)cs2)cc1. The predicted octanol–water partition coefficient (Wildman–Crippen LogP) is 1.91. The maximum Gasteiger partial charge on any atom is 0.251 e. The molecular formula is C17H21N3O3S. The number of hydrogen-bond donors (Lipinski definition) is 1. The summed E-state index contributed by atoms with van der Waals surface area (Å²) in [6.45, 7) is 4.75. The van der Waals surface area contributed by atoms with Crippen molar-refractivity contribution in [2.24, 2.45) is 0 Å². The van der Waals surface area contributed by atoms with Crippen LogP contribution in [0.4, 0.5) is 0 Å². The Kier molecular flexibility index (Phi) is 5.79. The highest BCUT2D eigenvalue weighted by Crippen LogP contribution is 2.14. The molecule has 2 heterocycles. The molecule has 1 amide bonds. The summed E-state index contributed by atoms with van der Waals surface area (Å²) in [6.07, 6.45) is 0. The molecule has 1 saturated heterocycles. The van der Waals surface area contributed by atoms with E-state index in [1.807, 2.05) is 0 Å². The number of benzene rings is 1. The highest BCUT2D eigenvalue weighted by molar-refractivity contribution is 7.09. The van der Waals surface area contributed by atoms with Gasteiger partial charge in [-0.1, -0.05) is 0 Å². The van der Waals surface area contributed by atoms with E-state index in [1.165, 1.54) is 0 Å². The number of morpholine rings is 1. The lowest BCUT2D eigenvalue weighted by Gasteiger charge is -2.25. The van der Waals surface area contributed by atoms with E-state index in [0.717, 1.165) is 49.3 Å². The van der Waals surface area contributed by atoms with Gasteiger partial charge < -0.3 is 14.8 Å². The zero-order valence-corrected chi connectivity index (χ0v) is 14.5. The molecule has 0 bridgehead atoms. The van der Waals surface area contributed by atoms with Crippen molar-refractivity contribution < 1.29 is 14.3 Å². The van der Waals surface area contributed by atoms with Crippen molar-refractivity contribution in [2.45, 2.75) is 13.1 Å². The molecule has 0 spiro atoms. The Morgan fingerprint density at radius 1 is 1.33 bits per heavy atom. The van der Waals surface area contributed by atoms with Crippen molar-refractivity contribution in [3.63, 3.8) is 0 Å². The van der Waals surface area contributed by atoms with E-state index < -0.39 is 0 Å². The van der Waals surface area contributed by atoms with Crippen LogP contribution in [-0.4, -0.2) is 49.2 Å². The van der Waals surface area contributed by atoms with Gasteiger partial charge in [-0.05, 0) is 24.3 Å². The van der Waals surface area contributed by atoms with Crippen molar-refractivity contribution in [1.82, 2.24) is 15.2 Å². The molecule has 1 N–H and O–H groups in total. The Labute approximate surface area is 145 Å². The Balaban J connectivity index is 1.49. The van der Waals surface area contributed by atoms with Gasteiger partial charge in [-0.2, -0.15) is 0 Å². The summed E-state index contributed by atoms with van der Waals surface area (Å²) in [5.74, 6) is 0.627. The van der Waals surface area contributed by atoms with Gasteiger partial charge >= 0.3 is 0 Å². The number of aromatic nitrogens is 1. The van der Waals surface area contributed by atoms with Gasteiger partial charge in [-0.25, -0.2) is 4.98 Å². The molecule has 0 saturated carbocycles. The quantitative estimate of drug-likeness (QED) is 0.865. The molecule has 24 heavy (non-hydrogen) atoms. The van der Waals surface area contributed by atoms with Crippen LogP contribution in [0, 0.1) is 0 Å². The third-order valence-corrected chi connectivity index (χ3v) is 4.74. The Bertz CT molecular complexity index is 666. The third-order valence-electron chi connectivity index (χ3n) is 3.84. The van der Waals surface area contributed by atoms with Crippen LogP contribution in [0.25, 0.3) is 0 Å². The van der Waals surface area contributed by atoms with Crippen LogP contribution in [0.3, 0.4) is 0 Å². The molecule has 0 radical (unpaired) electrons. The summed E-state index contributed by atoms with van der Waals surface area (Å²) >= 11 is 1.58. The van der Waals surface area contributed by atoms with Crippen molar-refractivity contribution in [1.29, 1.82) is 0 Å². The molecule has 0 aliphatic carbocycles. The normalized spacial score (nSPS) is 15.2. The lowest BCUT2D eigenvalue weighted by Crippen LogP contribution is -2.35. The van der Waals surface area contributed by atoms with Gasteiger partial charge in [0.1, 0.15) is 10.8 Å². The molecule has 2 aromatic rings. The van der Waals surface area contributed by atoms with Crippen LogP contribution in [0.15, 0.2) is 29.6 Å². The van der Waals surface area contributed by atoms with Crippen LogP contribution in [-0.2, 0) is 17.8 Å². The minimum atomic E-state index is -0.109. The molecule has 1 aromatic heterocycles. The van der Waals surface area contributed by atoms with E-state index in [2.05, 4.69) is 20.6 Å². The molecule has 0 atom stereocenters. The number of rotatable bonds is 6. The number of thiazole rings is 1. The van der Waals surface area contributed by atoms with Crippen LogP contribution >= 0.6 is 11.3 Å². The van der Waals surface area contributed by atoms with E-state index in [0.29, 0.717) is 12.1 Å². The molecule has 1 aliphatic rings. The number of hydrogen-bond acceptors (Lipinski definition) is 6. The van der Waals surface area contributed by atoms with Gasteiger partial charge in [0.25, 0.3) is 5.91 Å². The van der Waals surface area contributed by atoms with E-state index in [4.69, 9.17) is 9.47 Å². The van der Waals surface area contributed by atoms with Gasteiger partial charge in [-0.3, -0.25) is 9.69 Å². The number of nitrogens with one attached hydrogen (secondary N) is 1. The zero-order valence-electron chi connectivity index (χ0n) is 13.7. The molecular weight excluding hydrogens is 326 g/mol. The maximum atomic E-state index is 12.1. The van der Waals surface area contributed by atoms with Crippen molar-refractivity contribution in [2.75, 3.05) is 33.4 Å². The topological polar surface area (TPSA) is 63.7 Å². The second-order valence-corrected chi connectivity index (χ2v) is 6.47. The fourth-order valence-electron chi connectivity index (χ4n) is 2.49. The number of ether oxygens (including phenoxy) is 2. The van der Waals surface area contributed by atoms with Gasteiger partial charge in [0.15, 0.2) is 0 Å². The molecule has 1 aliphatic heterocycles. The van der Waals surface area contributed by atoms with Crippen molar-refractivity contribution in [3.8, 4) is 5.75 Å². The lowest BCUT2D eigenvalue weighted by atomic mass is 10.2. The summed E-state index contributed by atoms with van der Waals surface area (Å²) in [6, 6.07) is 7.05. The number of carbonyl (C=O) groups excluding carboxylic acids is 1. The molecule has 1 fully saturated rings. The first-order chi connectivity index (χ1) is 11.7. The van der Waals surface area contributed by atoms with Crippen LogP contribution < -0.4 is 10.1 Å². The van der Waals surface area contributed by atoms with Gasteiger partial charge in [0.2, 0.25) is 0 Å². The first-order valence-corrected chi connectivity index (χ1v) is 8.78. The number of carbonyl (C=O) groups is 1. The summed E-state index contributed by atoms with van der Waals surface area (Å²) in [5, 5.41) is 5.88. The summed E-state index contributed by atoms with van der Waals surface area (Å²) in [5.41, 5.74) is 1.66. The number of nitrogens with zero attached hydrogens (tertiary/aromatic N) is 2. The molecule has 3 rings (SSSR count). The zero-order chi connectivity index (χ0) is 16.8. The largest absolute Gasteiger partial charge is 0.497 e. The minimum absolute atomic E-state index is 0.109. The Morgan fingerprint density at radius 3 is 2.79 bits per heavy atom. The van der Waals surface area contributed by atoms with Crippen LogP contribution in [0.1, 0.15) is 21.1 Å². The van der Waals surface area contributed by atoms with Gasteiger partial charge in [0.05, 0.1) is 32.6 Å². The first kappa shape index (κ1) is 16.9. The first-order valence-electron chi connectivity index (χ1n) is 7.90. The van der Waals surface area contributed by atoms with E-state index in [9.17, 15) is 4.79 Å². The molecule has 128 valence electrons. The fourth-order valence-corrected chi connectivity index (χ4v) is 3.22. The smallest absolute Gasteiger partial charge is 0.251 e. The second-order valence-electron chi connectivity index (χ2n) is 5.53. The molecule has 6 nitrogen and oxygen atoms in total. The fraction of sp³-hybridized carbons (Fsp3) is 0.412. The lowest BCUT2D eigenvalue weighted by molar-refractivity contribution is 0.0337. The average Bonchev–Trinajstić information content (AvgIpc) is 3.08. The average molecular weight is 347 g/mol. The van der Waals surface area contributed by atoms with E-state index in [-0.39, 0.29) is 5.91 Å². The van der Waals surface area contributed by atoms with E-state index in [1.54, 1.807) is 42.7 Å². The highest BCUT2D eigenvalue weighted by Gasteiger charge is 2.13. The Morgan fingerprint density at radius 2 is 2.08 bits per heavy atom. The Hall–Kier alpha value is -1.96. The van der Waals surface area contributed by atoms with Crippen LogP contribution in [0.5, 0.6) is 5.75 Å². The monoisotopic (exact) mass is 347 g/mol. The van der Waals surface area contributed by atoms with E-state index >= 15 is 0 Å². The van der Waals surface area contributed by atoms with Gasteiger partial charge in [-0.15, -0.1) is 11.3 Å². The highest BCUT2D eigenvalue weighted by atomic mass is 32.1. The minimum Gasteiger partial charge on any atom is -0.497 e. The van der Waals surface area contributed by atoms with Crippen LogP contribution in [0.2, 0.25) is 0 Å². The summed E-state index contributed by atoms with van der Waals surface area (Å²) in [4.78, 5) is 19.1. The number of amides is 1. The van der Waals surface area contributed by atoms with Gasteiger partial charge in [0, 0.05) is 30.6 Å². The standard InChI is InChI=1S/C17H21N3O3S/c1-22-15-4-2-13(3-5-15)17(21)18-10-16-19-14(12-24-16)11-20-6-8-23-9-7-20/h2-5,12H,6-11H2,1H3,(H,18,21). The van der Waals surface area contributed by atoms with Crippen molar-refractivity contribution >= 4 is 17.2 Å².